The lowest BCUT2D eigenvalue weighted by Crippen LogP contribution is -2.26. The standard InChI is InChI=1S/C91H78N2/c1-55-37-56(2)42-69(41-55)92(70-43-57(3)38-58(4)44-70)67-29-35-77-75-31-25-63(49-83(75)89(9,10)85(77)53-67)21-23-65-27-33-79-80-34-28-66(52-88(80)91(87(79)51-65)81-19-15-13-17-73(81)74-18-14-16-20-82(74)91)24-22-64-26-32-76-78-36-30-68(54-86(78)90(11,12)84(76)50-64)93(71-45-59(5)39-60(6)46-71)72-47-61(7)40-62(8)48-72/h13-54H,1-12H3. The maximum atomic E-state index is 2.49. The van der Waals surface area contributed by atoms with E-state index in [9.17, 15) is 0 Å². The summed E-state index contributed by atoms with van der Waals surface area (Å²) in [6.07, 6.45) is 9.32. The van der Waals surface area contributed by atoms with Crippen molar-refractivity contribution in [3.8, 4) is 44.5 Å². The van der Waals surface area contributed by atoms with Gasteiger partial charge in [0.05, 0.1) is 5.41 Å². The molecule has 4 aliphatic carbocycles. The van der Waals surface area contributed by atoms with E-state index in [-0.39, 0.29) is 10.8 Å². The van der Waals surface area contributed by atoms with Gasteiger partial charge in [0.25, 0.3) is 0 Å². The van der Waals surface area contributed by atoms with Gasteiger partial charge in [0.15, 0.2) is 0 Å². The Balaban J connectivity index is 0.720. The van der Waals surface area contributed by atoms with Crippen LogP contribution < -0.4 is 9.80 Å². The Hall–Kier alpha value is -10.3. The fourth-order valence-electron chi connectivity index (χ4n) is 17.0. The Kier molecular flexibility index (Phi) is 13.3. The summed E-state index contributed by atoms with van der Waals surface area (Å²) in [4.78, 5) is 4.90. The number of nitrogens with zero attached hydrogens (tertiary/aromatic N) is 2. The number of aryl methyl sites for hydroxylation is 8. The van der Waals surface area contributed by atoms with Gasteiger partial charge in [-0.15, -0.1) is 0 Å². The van der Waals surface area contributed by atoms with Gasteiger partial charge in [-0.25, -0.2) is 0 Å². The number of benzene rings is 12. The van der Waals surface area contributed by atoms with Gasteiger partial charge in [-0.1, -0.05) is 198 Å². The average molecular weight is 1200 g/mol. The Morgan fingerprint density at radius 1 is 0.215 bits per heavy atom. The molecule has 0 amide bonds. The topological polar surface area (TPSA) is 6.48 Å². The summed E-state index contributed by atoms with van der Waals surface area (Å²) in [5.74, 6) is 0. The molecular formula is C91H78N2. The minimum atomic E-state index is -0.492. The van der Waals surface area contributed by atoms with E-state index >= 15 is 0 Å². The SMILES string of the molecule is Cc1cc(C)cc(N(c2cc(C)cc(C)c2)c2ccc3c(c2)C(C)(C)c2cc(C=Cc4ccc5c(c4)C4(c6ccccc6-c6ccccc64)c4cc(C=Cc6ccc7c(c6)C(C)(C)c6cc(N(c8cc(C)cc(C)c8)c8cc(C)cc(C)c8)ccc6-7)ccc4-5)ccc2-3)c1. The molecule has 0 radical (unpaired) electrons. The van der Waals surface area contributed by atoms with Crippen LogP contribution in [0.1, 0.15) is 139 Å². The van der Waals surface area contributed by atoms with Gasteiger partial charge in [0.2, 0.25) is 0 Å². The number of anilines is 6. The summed E-state index contributed by atoms with van der Waals surface area (Å²) in [5.41, 5.74) is 42.3. The second-order valence-corrected chi connectivity index (χ2v) is 28.5. The average Bonchev–Trinajstić information content (AvgIpc) is 1.51. The zero-order valence-electron chi connectivity index (χ0n) is 55.6. The number of rotatable bonds is 10. The van der Waals surface area contributed by atoms with Crippen molar-refractivity contribution in [2.75, 3.05) is 9.80 Å². The molecule has 452 valence electrons. The molecule has 0 fully saturated rings. The van der Waals surface area contributed by atoms with Crippen LogP contribution in [0.25, 0.3) is 68.8 Å². The predicted octanol–water partition coefficient (Wildman–Crippen LogP) is 24.4. The van der Waals surface area contributed by atoms with Crippen LogP contribution in [0.4, 0.5) is 34.1 Å². The molecule has 0 saturated heterocycles. The zero-order valence-corrected chi connectivity index (χ0v) is 55.6. The first-order chi connectivity index (χ1) is 44.8. The van der Waals surface area contributed by atoms with Gasteiger partial charge in [-0.3, -0.25) is 0 Å². The van der Waals surface area contributed by atoms with Gasteiger partial charge in [0.1, 0.15) is 0 Å². The summed E-state index contributed by atoms with van der Waals surface area (Å²) in [6.45, 7) is 27.2. The third kappa shape index (κ3) is 9.35. The molecule has 12 aromatic carbocycles. The fourth-order valence-corrected chi connectivity index (χ4v) is 17.0. The van der Waals surface area contributed by atoms with E-state index in [2.05, 4.69) is 348 Å². The normalized spacial score (nSPS) is 14.4. The summed E-state index contributed by atoms with van der Waals surface area (Å²) in [7, 11) is 0. The van der Waals surface area contributed by atoms with Gasteiger partial charge in [-0.05, 0) is 296 Å². The first-order valence-electron chi connectivity index (χ1n) is 33.2. The lowest BCUT2D eigenvalue weighted by molar-refractivity contribution is 0.660. The van der Waals surface area contributed by atoms with E-state index in [0.717, 1.165) is 0 Å². The van der Waals surface area contributed by atoms with Crippen LogP contribution in [0.5, 0.6) is 0 Å². The minimum Gasteiger partial charge on any atom is -0.310 e. The first-order valence-corrected chi connectivity index (χ1v) is 33.2. The van der Waals surface area contributed by atoms with Gasteiger partial charge < -0.3 is 9.80 Å². The first kappa shape index (κ1) is 57.8. The molecule has 2 heteroatoms. The van der Waals surface area contributed by atoms with Crippen LogP contribution in [-0.4, -0.2) is 0 Å². The monoisotopic (exact) mass is 1200 g/mol. The molecule has 16 rings (SSSR count). The van der Waals surface area contributed by atoms with E-state index in [1.807, 2.05) is 0 Å². The molecule has 4 aliphatic rings. The Morgan fingerprint density at radius 3 is 0.753 bits per heavy atom. The number of fused-ring (bicyclic) bond motifs is 16. The largest absolute Gasteiger partial charge is 0.310 e. The van der Waals surface area contributed by atoms with E-state index in [1.165, 1.54) is 190 Å². The maximum absolute atomic E-state index is 2.49. The van der Waals surface area contributed by atoms with E-state index in [0.29, 0.717) is 0 Å². The Morgan fingerprint density at radius 2 is 0.452 bits per heavy atom. The van der Waals surface area contributed by atoms with Crippen LogP contribution in [0.2, 0.25) is 0 Å². The van der Waals surface area contributed by atoms with Crippen LogP contribution in [0.15, 0.2) is 231 Å². The smallest absolute Gasteiger partial charge is 0.0725 e. The van der Waals surface area contributed by atoms with Crippen molar-refractivity contribution in [2.45, 2.75) is 99.3 Å². The molecule has 1 spiro atoms. The molecule has 12 aromatic rings. The highest BCUT2D eigenvalue weighted by molar-refractivity contribution is 5.97. The molecule has 0 unspecified atom stereocenters. The molecule has 0 heterocycles. The van der Waals surface area contributed by atoms with Crippen molar-refractivity contribution in [1.82, 2.24) is 0 Å². The second kappa shape index (κ2) is 21.4. The van der Waals surface area contributed by atoms with Crippen molar-refractivity contribution in [3.05, 3.63) is 342 Å². The highest BCUT2D eigenvalue weighted by atomic mass is 15.1. The zero-order chi connectivity index (χ0) is 64.0. The highest BCUT2D eigenvalue weighted by Gasteiger charge is 2.52. The summed E-state index contributed by atoms with van der Waals surface area (Å²) in [6, 6.07) is 88.7. The van der Waals surface area contributed by atoms with Crippen LogP contribution in [0.3, 0.4) is 0 Å². The quantitative estimate of drug-likeness (QED) is 0.126. The van der Waals surface area contributed by atoms with Gasteiger partial charge in [0, 0.05) is 45.0 Å². The molecule has 2 nitrogen and oxygen atoms in total. The molecule has 0 atom stereocenters. The highest BCUT2D eigenvalue weighted by Crippen LogP contribution is 2.63. The van der Waals surface area contributed by atoms with E-state index in [4.69, 9.17) is 0 Å². The van der Waals surface area contributed by atoms with Crippen LogP contribution >= 0.6 is 0 Å². The van der Waals surface area contributed by atoms with Crippen LogP contribution in [-0.2, 0) is 16.2 Å². The predicted molar refractivity (Wildman–Crippen MR) is 396 cm³/mol. The fraction of sp³-hybridized carbons (Fsp3) is 0.165. The van der Waals surface area contributed by atoms with Crippen molar-refractivity contribution < 1.29 is 0 Å². The Labute approximate surface area is 550 Å². The van der Waals surface area contributed by atoms with Crippen LogP contribution in [0, 0.1) is 55.4 Å². The van der Waals surface area contributed by atoms with Crippen molar-refractivity contribution >= 4 is 58.4 Å². The molecule has 0 N–H and O–H groups in total. The maximum Gasteiger partial charge on any atom is 0.0725 e. The summed E-state index contributed by atoms with van der Waals surface area (Å²) < 4.78 is 0. The third-order valence-corrected chi connectivity index (χ3v) is 20.8. The molecule has 0 bridgehead atoms. The van der Waals surface area contributed by atoms with Gasteiger partial charge >= 0.3 is 0 Å². The molecule has 0 saturated carbocycles. The number of hydrogen-bond acceptors (Lipinski definition) is 2. The minimum absolute atomic E-state index is 0.215. The van der Waals surface area contributed by atoms with Gasteiger partial charge in [-0.2, -0.15) is 0 Å². The molecule has 0 aliphatic heterocycles. The number of hydrogen-bond donors (Lipinski definition) is 0. The summed E-state index contributed by atoms with van der Waals surface area (Å²) in [5, 5.41) is 0. The Bertz CT molecular complexity index is 4700. The van der Waals surface area contributed by atoms with Crippen molar-refractivity contribution in [2.24, 2.45) is 0 Å². The second-order valence-electron chi connectivity index (χ2n) is 28.5. The van der Waals surface area contributed by atoms with Crippen molar-refractivity contribution in [1.29, 1.82) is 0 Å². The van der Waals surface area contributed by atoms with E-state index < -0.39 is 5.41 Å². The lowest BCUT2D eigenvalue weighted by Gasteiger charge is -2.30. The van der Waals surface area contributed by atoms with E-state index in [1.54, 1.807) is 0 Å². The summed E-state index contributed by atoms with van der Waals surface area (Å²) >= 11 is 0. The third-order valence-electron chi connectivity index (χ3n) is 20.8. The molecular weight excluding hydrogens is 1120 g/mol. The lowest BCUT2D eigenvalue weighted by atomic mass is 9.70. The molecule has 93 heavy (non-hydrogen) atoms. The van der Waals surface area contributed by atoms with Crippen molar-refractivity contribution in [3.63, 3.8) is 0 Å². The molecule has 0 aromatic heterocycles.